The Morgan fingerprint density at radius 1 is 0.884 bits per heavy atom. The van der Waals surface area contributed by atoms with Crippen LogP contribution in [0.5, 0.6) is 0 Å². The molecule has 4 aromatic rings. The maximum atomic E-state index is 13.4. The van der Waals surface area contributed by atoms with Crippen molar-refractivity contribution in [3.05, 3.63) is 95.6 Å². The van der Waals surface area contributed by atoms with Gasteiger partial charge in [-0.15, -0.1) is 0 Å². The number of nitrogens with two attached hydrogens (primary N) is 1. The second-order valence-corrected chi connectivity index (χ2v) is 12.0. The Hall–Kier alpha value is -4.23. The van der Waals surface area contributed by atoms with E-state index in [1.54, 1.807) is 0 Å². The fourth-order valence-electron chi connectivity index (χ4n) is 6.97. The molecule has 1 saturated heterocycles. The highest BCUT2D eigenvalue weighted by molar-refractivity contribution is 6.09. The van der Waals surface area contributed by atoms with Crippen LogP contribution in [0.3, 0.4) is 0 Å². The first kappa shape index (κ1) is 28.9. The largest absolute Gasteiger partial charge is 0.366 e. The van der Waals surface area contributed by atoms with Crippen LogP contribution in [0.2, 0.25) is 0 Å². The maximum Gasteiger partial charge on any atom is 0.321 e. The number of urea groups is 1. The number of rotatable bonds is 7. The number of fused-ring (bicyclic) bond motifs is 1. The number of carbonyl (C=O) groups excluding carboxylic acids is 2. The van der Waals surface area contributed by atoms with E-state index in [4.69, 9.17) is 10.7 Å². The minimum atomic E-state index is -0.413. The van der Waals surface area contributed by atoms with Gasteiger partial charge < -0.3 is 16.0 Å². The van der Waals surface area contributed by atoms with E-state index in [1.165, 1.54) is 37.7 Å². The molecule has 3 N–H and O–H groups in total. The zero-order valence-electron chi connectivity index (χ0n) is 25.0. The zero-order valence-corrected chi connectivity index (χ0v) is 25.0. The molecular weight excluding hydrogens is 534 g/mol. The van der Waals surface area contributed by atoms with Gasteiger partial charge in [0, 0.05) is 54.9 Å². The summed E-state index contributed by atoms with van der Waals surface area (Å²) in [5.41, 5.74) is 12.3. The lowest BCUT2D eigenvalue weighted by atomic mass is 9.76. The van der Waals surface area contributed by atoms with Crippen molar-refractivity contribution in [1.29, 1.82) is 0 Å². The van der Waals surface area contributed by atoms with Gasteiger partial charge in [-0.1, -0.05) is 86.8 Å². The second-order valence-electron chi connectivity index (χ2n) is 12.0. The topological polar surface area (TPSA) is 91.6 Å². The summed E-state index contributed by atoms with van der Waals surface area (Å²) in [6.07, 6.45) is 6.26. The molecule has 1 aliphatic heterocycles. The van der Waals surface area contributed by atoms with Crippen LogP contribution in [0.15, 0.2) is 78.9 Å². The van der Waals surface area contributed by atoms with Crippen molar-refractivity contribution in [2.24, 2.45) is 11.7 Å². The first-order chi connectivity index (χ1) is 21.0. The summed E-state index contributed by atoms with van der Waals surface area (Å²) >= 11 is 0. The van der Waals surface area contributed by atoms with Crippen molar-refractivity contribution in [3.8, 4) is 11.3 Å². The van der Waals surface area contributed by atoms with E-state index >= 15 is 0 Å². The highest BCUT2D eigenvalue weighted by atomic mass is 16.2. The van der Waals surface area contributed by atoms with Crippen LogP contribution >= 0.6 is 0 Å². The van der Waals surface area contributed by atoms with E-state index in [2.05, 4.69) is 29.3 Å². The van der Waals surface area contributed by atoms with E-state index in [1.807, 2.05) is 71.6 Å². The molecule has 1 aliphatic carbocycles. The lowest BCUT2D eigenvalue weighted by Gasteiger charge is -2.35. The third kappa shape index (κ3) is 6.27. The minimum absolute atomic E-state index is 0.0950. The van der Waals surface area contributed by atoms with Gasteiger partial charge in [0.25, 0.3) is 0 Å². The molecule has 1 saturated carbocycles. The van der Waals surface area contributed by atoms with E-state index in [0.29, 0.717) is 50.1 Å². The van der Waals surface area contributed by atoms with Crippen LogP contribution in [0, 0.1) is 5.92 Å². The number of carbonyl (C=O) groups is 2. The maximum absolute atomic E-state index is 13.4. The van der Waals surface area contributed by atoms with Gasteiger partial charge in [0.05, 0.1) is 16.8 Å². The number of primary amides is 1. The van der Waals surface area contributed by atoms with Crippen molar-refractivity contribution in [2.45, 2.75) is 51.5 Å². The molecule has 2 heterocycles. The van der Waals surface area contributed by atoms with Gasteiger partial charge in [-0.05, 0) is 48.4 Å². The van der Waals surface area contributed by atoms with E-state index < -0.39 is 5.91 Å². The van der Waals surface area contributed by atoms with Crippen LogP contribution in [0.4, 0.5) is 10.5 Å². The Morgan fingerprint density at radius 3 is 2.23 bits per heavy atom. The predicted molar refractivity (Wildman–Crippen MR) is 173 cm³/mol. The number of aromatic nitrogens is 1. The van der Waals surface area contributed by atoms with Gasteiger partial charge in [0.2, 0.25) is 5.91 Å². The molecule has 0 unspecified atom stereocenters. The molecule has 0 bridgehead atoms. The number of amides is 3. The number of hydrogen-bond donors (Lipinski definition) is 2. The number of pyridine rings is 1. The molecule has 2 aliphatic rings. The molecule has 6 rings (SSSR count). The number of nitrogens with zero attached hydrogens (tertiary/aromatic N) is 3. The Labute approximate surface area is 254 Å². The Kier molecular flexibility index (Phi) is 8.70. The minimum Gasteiger partial charge on any atom is -0.366 e. The lowest BCUT2D eigenvalue weighted by Crippen LogP contribution is -2.49. The van der Waals surface area contributed by atoms with Gasteiger partial charge in [-0.2, -0.15) is 0 Å². The molecule has 43 heavy (non-hydrogen) atoms. The van der Waals surface area contributed by atoms with Crippen molar-refractivity contribution in [1.82, 2.24) is 14.8 Å². The van der Waals surface area contributed by atoms with Gasteiger partial charge in [0.1, 0.15) is 0 Å². The third-order valence-electron chi connectivity index (χ3n) is 9.35. The van der Waals surface area contributed by atoms with Crippen LogP contribution in [0.1, 0.15) is 66.4 Å². The van der Waals surface area contributed by atoms with Crippen LogP contribution in [-0.2, 0) is 6.54 Å². The summed E-state index contributed by atoms with van der Waals surface area (Å²) in [7, 11) is 0. The number of piperazine rings is 1. The van der Waals surface area contributed by atoms with Crippen LogP contribution in [0.25, 0.3) is 22.2 Å². The number of para-hydroxylation sites is 1. The summed E-state index contributed by atoms with van der Waals surface area (Å²) in [6, 6.07) is 25.8. The highest BCUT2D eigenvalue weighted by Gasteiger charge is 2.29. The third-order valence-corrected chi connectivity index (χ3v) is 9.35. The van der Waals surface area contributed by atoms with Gasteiger partial charge in [0.15, 0.2) is 0 Å². The van der Waals surface area contributed by atoms with Crippen molar-refractivity contribution >= 4 is 28.5 Å². The predicted octanol–water partition coefficient (Wildman–Crippen LogP) is 7.03. The molecule has 1 aromatic heterocycles. The second kappa shape index (κ2) is 13.0. The Morgan fingerprint density at radius 2 is 1.56 bits per heavy atom. The normalized spacial score (nSPS) is 17.1. The molecule has 3 amide bonds. The Bertz CT molecular complexity index is 1580. The Balaban J connectivity index is 1.34. The number of anilines is 1. The lowest BCUT2D eigenvalue weighted by molar-refractivity contribution is 0.0998. The molecule has 7 heteroatoms. The van der Waals surface area contributed by atoms with Gasteiger partial charge in [-0.3, -0.25) is 9.69 Å². The van der Waals surface area contributed by atoms with E-state index in [-0.39, 0.29) is 6.03 Å². The SMILES string of the molecule is C[C@H](c1cccc2nc(-c3ccccc3)c(CN3CCN(C(=O)Nc4ccccc4)CC3)c(C(N)=O)c12)C1CCCCC1. The average Bonchev–Trinajstić information content (AvgIpc) is 3.05. The smallest absolute Gasteiger partial charge is 0.321 e. The first-order valence-corrected chi connectivity index (χ1v) is 15.6. The molecule has 1 atom stereocenters. The molecular formula is C36H41N5O2. The molecule has 0 radical (unpaired) electrons. The zero-order chi connectivity index (χ0) is 29.8. The molecule has 3 aromatic carbocycles. The van der Waals surface area contributed by atoms with Gasteiger partial charge >= 0.3 is 6.03 Å². The summed E-state index contributed by atoms with van der Waals surface area (Å²) in [4.78, 5) is 35.7. The van der Waals surface area contributed by atoms with E-state index in [0.717, 1.165) is 33.4 Å². The fourth-order valence-corrected chi connectivity index (χ4v) is 6.97. The molecule has 222 valence electrons. The standard InChI is InChI=1S/C36H41N5O2/c1-25(26-12-5-2-6-13-26)29-18-11-19-31-32(29)33(35(37)42)30(34(39-31)27-14-7-3-8-15-27)24-40-20-22-41(23-21-40)36(43)38-28-16-9-4-10-17-28/h3-4,7-11,14-19,25-26H,2,5-6,12-13,20-24H2,1H3,(H2,37,42)(H,38,43)/t25-/m0/s1. The highest BCUT2D eigenvalue weighted by Crippen LogP contribution is 2.41. The summed E-state index contributed by atoms with van der Waals surface area (Å²) in [5.74, 6) is 0.488. The quantitative estimate of drug-likeness (QED) is 0.247. The summed E-state index contributed by atoms with van der Waals surface area (Å²) in [5, 5.41) is 3.90. The first-order valence-electron chi connectivity index (χ1n) is 15.6. The number of nitrogens with one attached hydrogen (secondary N) is 1. The summed E-state index contributed by atoms with van der Waals surface area (Å²) in [6.45, 7) is 5.40. The molecule has 0 spiro atoms. The van der Waals surface area contributed by atoms with E-state index in [9.17, 15) is 9.59 Å². The average molecular weight is 576 g/mol. The van der Waals surface area contributed by atoms with Crippen molar-refractivity contribution < 1.29 is 9.59 Å². The van der Waals surface area contributed by atoms with Crippen molar-refractivity contribution in [2.75, 3.05) is 31.5 Å². The van der Waals surface area contributed by atoms with Crippen LogP contribution < -0.4 is 11.1 Å². The van der Waals surface area contributed by atoms with Gasteiger partial charge in [-0.25, -0.2) is 9.78 Å². The number of benzene rings is 3. The van der Waals surface area contributed by atoms with Crippen molar-refractivity contribution in [3.63, 3.8) is 0 Å². The fraction of sp³-hybridized carbons (Fsp3) is 0.361. The number of hydrogen-bond acceptors (Lipinski definition) is 4. The molecule has 7 nitrogen and oxygen atoms in total. The molecule has 2 fully saturated rings. The van der Waals surface area contributed by atoms with Crippen LogP contribution in [-0.4, -0.2) is 52.9 Å². The monoisotopic (exact) mass is 575 g/mol. The summed E-state index contributed by atoms with van der Waals surface area (Å²) < 4.78 is 0.